The molecule has 1 unspecified atom stereocenters. The monoisotopic (exact) mass is 297 g/mol. The molecule has 0 fully saturated rings. The standard InChI is InChI=1S/C16H31N3O2/c1-8-9-17-13(11-21-16(4,5)6)15-14(20-7)10-18-19(15)12(2)3/h10,12-13,17H,8-9,11H2,1-7H3. The van der Waals surface area contributed by atoms with Crippen LogP contribution in [0, 0.1) is 0 Å². The molecule has 0 bridgehead atoms. The van der Waals surface area contributed by atoms with Gasteiger partial charge in [0.15, 0.2) is 5.75 Å². The SMILES string of the molecule is CCCNC(COC(C)(C)C)c1c(OC)cnn1C(C)C. The lowest BCUT2D eigenvalue weighted by atomic mass is 10.1. The number of ether oxygens (including phenoxy) is 2. The van der Waals surface area contributed by atoms with Crippen LogP contribution in [-0.2, 0) is 4.74 Å². The molecule has 0 amide bonds. The van der Waals surface area contributed by atoms with Gasteiger partial charge in [0, 0.05) is 6.04 Å². The van der Waals surface area contributed by atoms with E-state index in [4.69, 9.17) is 9.47 Å². The van der Waals surface area contributed by atoms with Crippen molar-refractivity contribution in [3.63, 3.8) is 0 Å². The molecule has 0 saturated carbocycles. The maximum atomic E-state index is 5.99. The summed E-state index contributed by atoms with van der Waals surface area (Å²) in [5.74, 6) is 0.815. The van der Waals surface area contributed by atoms with E-state index in [1.165, 1.54) is 0 Å². The zero-order valence-electron chi connectivity index (χ0n) is 14.6. The Morgan fingerprint density at radius 1 is 1.33 bits per heavy atom. The van der Waals surface area contributed by atoms with Gasteiger partial charge in [-0.05, 0) is 47.6 Å². The van der Waals surface area contributed by atoms with Crippen LogP contribution in [0.5, 0.6) is 5.75 Å². The van der Waals surface area contributed by atoms with Crippen molar-refractivity contribution in [2.45, 2.75) is 65.6 Å². The Labute approximate surface area is 129 Å². The first-order valence-electron chi connectivity index (χ1n) is 7.78. The molecule has 0 aliphatic carbocycles. The summed E-state index contributed by atoms with van der Waals surface area (Å²) in [6.07, 6.45) is 2.86. The second-order valence-corrected chi connectivity index (χ2v) is 6.57. The van der Waals surface area contributed by atoms with E-state index in [9.17, 15) is 0 Å². The first-order chi connectivity index (χ1) is 9.80. The van der Waals surface area contributed by atoms with Gasteiger partial charge in [-0.1, -0.05) is 6.92 Å². The summed E-state index contributed by atoms with van der Waals surface area (Å²) >= 11 is 0. The van der Waals surface area contributed by atoms with E-state index in [1.54, 1.807) is 13.3 Å². The predicted molar refractivity (Wildman–Crippen MR) is 85.9 cm³/mol. The van der Waals surface area contributed by atoms with Gasteiger partial charge >= 0.3 is 0 Å². The fourth-order valence-electron chi connectivity index (χ4n) is 2.14. The maximum Gasteiger partial charge on any atom is 0.161 e. The predicted octanol–water partition coefficient (Wildman–Crippen LogP) is 3.33. The Balaban J connectivity index is 3.03. The minimum atomic E-state index is -0.165. The number of aromatic nitrogens is 2. The molecule has 1 N–H and O–H groups in total. The summed E-state index contributed by atoms with van der Waals surface area (Å²) in [4.78, 5) is 0. The molecule has 0 aliphatic heterocycles. The third-order valence-electron chi connectivity index (χ3n) is 3.16. The molecule has 21 heavy (non-hydrogen) atoms. The Morgan fingerprint density at radius 2 is 2.00 bits per heavy atom. The normalized spacial score (nSPS) is 13.7. The highest BCUT2D eigenvalue weighted by atomic mass is 16.5. The van der Waals surface area contributed by atoms with Crippen LogP contribution in [0.3, 0.4) is 0 Å². The zero-order valence-corrected chi connectivity index (χ0v) is 14.6. The van der Waals surface area contributed by atoms with Crippen molar-refractivity contribution < 1.29 is 9.47 Å². The molecule has 0 aromatic carbocycles. The van der Waals surface area contributed by atoms with Gasteiger partial charge in [0.2, 0.25) is 0 Å². The molecule has 1 aromatic heterocycles. The van der Waals surface area contributed by atoms with Gasteiger partial charge < -0.3 is 14.8 Å². The van der Waals surface area contributed by atoms with Gasteiger partial charge in [-0.2, -0.15) is 5.10 Å². The Bertz CT molecular complexity index is 422. The molecule has 0 aliphatic rings. The molecule has 0 saturated heterocycles. The quantitative estimate of drug-likeness (QED) is 0.799. The molecule has 5 nitrogen and oxygen atoms in total. The number of nitrogens with zero attached hydrogens (tertiary/aromatic N) is 2. The zero-order chi connectivity index (χ0) is 16.0. The first-order valence-corrected chi connectivity index (χ1v) is 7.78. The van der Waals surface area contributed by atoms with Crippen molar-refractivity contribution in [2.75, 3.05) is 20.3 Å². The minimum Gasteiger partial charge on any atom is -0.493 e. The third-order valence-corrected chi connectivity index (χ3v) is 3.16. The van der Waals surface area contributed by atoms with Crippen LogP contribution in [0.1, 0.15) is 65.7 Å². The van der Waals surface area contributed by atoms with Crippen LogP contribution < -0.4 is 10.1 Å². The molecule has 0 radical (unpaired) electrons. The van der Waals surface area contributed by atoms with Crippen molar-refractivity contribution in [3.05, 3.63) is 11.9 Å². The van der Waals surface area contributed by atoms with E-state index in [2.05, 4.69) is 52.0 Å². The molecule has 1 atom stereocenters. The molecule has 0 spiro atoms. The number of hydrogen-bond donors (Lipinski definition) is 1. The molecular weight excluding hydrogens is 266 g/mol. The van der Waals surface area contributed by atoms with E-state index in [1.807, 2.05) is 4.68 Å². The topological polar surface area (TPSA) is 48.3 Å². The molecule has 1 aromatic rings. The lowest BCUT2D eigenvalue weighted by molar-refractivity contribution is -0.0161. The number of rotatable bonds is 8. The minimum absolute atomic E-state index is 0.0732. The van der Waals surface area contributed by atoms with Crippen molar-refractivity contribution in [1.29, 1.82) is 0 Å². The molecule has 5 heteroatoms. The lowest BCUT2D eigenvalue weighted by Gasteiger charge is -2.27. The second kappa shape index (κ2) is 7.80. The fraction of sp³-hybridized carbons (Fsp3) is 0.812. The Kier molecular flexibility index (Phi) is 6.68. The maximum absolute atomic E-state index is 5.99. The molecular formula is C16H31N3O2. The summed E-state index contributed by atoms with van der Waals surface area (Å²) in [7, 11) is 1.69. The molecule has 1 heterocycles. The van der Waals surface area contributed by atoms with E-state index in [0.29, 0.717) is 6.61 Å². The van der Waals surface area contributed by atoms with Crippen LogP contribution >= 0.6 is 0 Å². The van der Waals surface area contributed by atoms with Gasteiger partial charge in [-0.3, -0.25) is 4.68 Å². The van der Waals surface area contributed by atoms with Crippen LogP contribution in [0.15, 0.2) is 6.20 Å². The summed E-state index contributed by atoms with van der Waals surface area (Å²) in [6, 6.07) is 0.355. The highest BCUT2D eigenvalue weighted by Gasteiger charge is 2.25. The lowest BCUT2D eigenvalue weighted by Crippen LogP contribution is -2.33. The van der Waals surface area contributed by atoms with E-state index >= 15 is 0 Å². The van der Waals surface area contributed by atoms with Crippen LogP contribution in [0.4, 0.5) is 0 Å². The van der Waals surface area contributed by atoms with Crippen LogP contribution in [0.25, 0.3) is 0 Å². The summed E-state index contributed by atoms with van der Waals surface area (Å²) in [5, 5.41) is 8.00. The van der Waals surface area contributed by atoms with Crippen LogP contribution in [0.2, 0.25) is 0 Å². The largest absolute Gasteiger partial charge is 0.493 e. The van der Waals surface area contributed by atoms with Gasteiger partial charge in [0.1, 0.15) is 0 Å². The molecule has 1 rings (SSSR count). The third kappa shape index (κ3) is 5.32. The summed E-state index contributed by atoms with van der Waals surface area (Å²) in [5.41, 5.74) is 0.896. The van der Waals surface area contributed by atoms with Crippen molar-refractivity contribution in [2.24, 2.45) is 0 Å². The smallest absolute Gasteiger partial charge is 0.161 e. The van der Waals surface area contributed by atoms with Crippen LogP contribution in [-0.4, -0.2) is 35.6 Å². The summed E-state index contributed by atoms with van der Waals surface area (Å²) < 4.78 is 13.5. The first kappa shape index (κ1) is 18.0. The van der Waals surface area contributed by atoms with Gasteiger partial charge in [-0.15, -0.1) is 0 Å². The highest BCUT2D eigenvalue weighted by molar-refractivity contribution is 5.29. The average molecular weight is 297 g/mol. The van der Waals surface area contributed by atoms with E-state index in [-0.39, 0.29) is 17.7 Å². The number of hydrogen-bond acceptors (Lipinski definition) is 4. The highest BCUT2D eigenvalue weighted by Crippen LogP contribution is 2.28. The number of methoxy groups -OCH3 is 1. The Hall–Kier alpha value is -1.07. The van der Waals surface area contributed by atoms with Crippen molar-refractivity contribution in [1.82, 2.24) is 15.1 Å². The van der Waals surface area contributed by atoms with Gasteiger partial charge in [0.05, 0.1) is 37.3 Å². The Morgan fingerprint density at radius 3 is 2.48 bits per heavy atom. The van der Waals surface area contributed by atoms with Crippen molar-refractivity contribution in [3.8, 4) is 5.75 Å². The van der Waals surface area contributed by atoms with E-state index < -0.39 is 0 Å². The average Bonchev–Trinajstić information content (AvgIpc) is 2.81. The number of nitrogens with one attached hydrogen (secondary N) is 1. The van der Waals surface area contributed by atoms with Gasteiger partial charge in [-0.25, -0.2) is 0 Å². The van der Waals surface area contributed by atoms with Crippen molar-refractivity contribution >= 4 is 0 Å². The summed E-state index contributed by atoms with van der Waals surface area (Å²) in [6.45, 7) is 14.1. The fourth-order valence-corrected chi connectivity index (χ4v) is 2.14. The van der Waals surface area contributed by atoms with E-state index in [0.717, 1.165) is 24.4 Å². The molecule has 122 valence electrons. The second-order valence-electron chi connectivity index (χ2n) is 6.57. The van der Waals surface area contributed by atoms with Gasteiger partial charge in [0.25, 0.3) is 0 Å².